The molecule has 0 spiro atoms. The SMILES string of the molecule is CC(C)(C)c1cc2sc3cc(C(C)(C)C)cc4sc5cc(C(C)(C)C)cc6sc7cc(C(C)(C)C)cc(sc(c1)c2oc34)c7oc65.c1ccccc1. The summed E-state index contributed by atoms with van der Waals surface area (Å²) in [5, 5.41) is 0. The zero-order valence-electron chi connectivity index (χ0n) is 32.5. The summed E-state index contributed by atoms with van der Waals surface area (Å²) in [4.78, 5) is 0. The van der Waals surface area contributed by atoms with E-state index in [-0.39, 0.29) is 21.7 Å². The molecule has 0 N–H and O–H groups in total. The van der Waals surface area contributed by atoms with Gasteiger partial charge in [-0.1, -0.05) is 119 Å². The Balaban J connectivity index is 0.000000638. The van der Waals surface area contributed by atoms with Gasteiger partial charge in [-0.25, -0.2) is 0 Å². The van der Waals surface area contributed by atoms with Crippen molar-refractivity contribution < 1.29 is 8.83 Å². The van der Waals surface area contributed by atoms with Gasteiger partial charge in [-0.05, 0) is 92.4 Å². The second-order valence-electron chi connectivity index (χ2n) is 18.0. The summed E-state index contributed by atoms with van der Waals surface area (Å²) in [5.41, 5.74) is 8.97. The van der Waals surface area contributed by atoms with Gasteiger partial charge in [-0.15, -0.1) is 45.3 Å². The number of rotatable bonds is 0. The predicted molar refractivity (Wildman–Crippen MR) is 235 cm³/mol. The number of benzene rings is 5. The lowest BCUT2D eigenvalue weighted by Crippen LogP contribution is -2.11. The van der Waals surface area contributed by atoms with Crippen molar-refractivity contribution in [3.05, 3.63) is 107 Å². The second-order valence-corrected chi connectivity index (χ2v) is 22.3. The Morgan fingerprint density at radius 3 is 0.577 bits per heavy atom. The highest BCUT2D eigenvalue weighted by Crippen LogP contribution is 2.45. The van der Waals surface area contributed by atoms with Crippen LogP contribution in [0.25, 0.3) is 59.9 Å². The van der Waals surface area contributed by atoms with E-state index in [2.05, 4.69) is 132 Å². The Kier molecular flexibility index (Phi) is 9.34. The second kappa shape index (κ2) is 13.2. The van der Waals surface area contributed by atoms with Gasteiger partial charge in [0.05, 0.1) is 37.6 Å². The van der Waals surface area contributed by atoms with Crippen molar-refractivity contribution in [1.82, 2.24) is 0 Å². The van der Waals surface area contributed by atoms with Gasteiger partial charge < -0.3 is 8.83 Å². The summed E-state index contributed by atoms with van der Waals surface area (Å²) >= 11 is 7.27. The Hall–Kier alpha value is -3.42. The van der Waals surface area contributed by atoms with Crippen LogP contribution in [0.4, 0.5) is 0 Å². The Morgan fingerprint density at radius 1 is 0.288 bits per heavy atom. The van der Waals surface area contributed by atoms with E-state index in [1.165, 1.54) is 41.1 Å². The molecule has 0 atom stereocenters. The van der Waals surface area contributed by atoms with E-state index in [0.717, 1.165) is 41.1 Å². The molecule has 0 aliphatic heterocycles. The maximum Gasteiger partial charge on any atom is 0.161 e. The first-order chi connectivity index (χ1) is 24.3. The van der Waals surface area contributed by atoms with E-state index >= 15 is 0 Å². The van der Waals surface area contributed by atoms with Gasteiger partial charge in [0.1, 0.15) is 0 Å². The molecule has 0 radical (unpaired) electrons. The van der Waals surface area contributed by atoms with Crippen LogP contribution in [0.15, 0.2) is 93.8 Å². The van der Waals surface area contributed by atoms with E-state index in [9.17, 15) is 0 Å². The highest BCUT2D eigenvalue weighted by molar-refractivity contribution is 7.29. The third-order valence-corrected chi connectivity index (χ3v) is 13.7. The molecule has 8 aromatic rings. The van der Waals surface area contributed by atoms with Crippen molar-refractivity contribution in [2.45, 2.75) is 105 Å². The molecule has 52 heavy (non-hydrogen) atoms. The number of hydrogen-bond acceptors (Lipinski definition) is 6. The standard InChI is InChI=1S/C40H44O2S4.C6H6/c1-37(2,3)21-13-25-33-29(17-21)45-30-18-23(39(7,8)9)15-27-35(30)42-36-28(44-27)16-24(40(10,11)12)20-32(36)46-31-19-22(38(4,5)6)14-26(43-25)34(31)41-33;1-2-4-6-5-3-1/h13-20H,1-12H3;1-6H. The third kappa shape index (κ3) is 7.37. The molecule has 6 heteroatoms. The van der Waals surface area contributed by atoms with Gasteiger partial charge in [-0.2, -0.15) is 0 Å². The van der Waals surface area contributed by atoms with Crippen molar-refractivity contribution >= 4 is 105 Å². The normalized spacial score (nSPS) is 13.0. The fraction of sp³-hybridized carbons (Fsp3) is 0.348. The summed E-state index contributed by atoms with van der Waals surface area (Å²) in [5.74, 6) is 0. The van der Waals surface area contributed by atoms with Crippen LogP contribution in [0, 0.1) is 0 Å². The van der Waals surface area contributed by atoms with Gasteiger partial charge >= 0.3 is 0 Å². The minimum Gasteiger partial charge on any atom is -0.451 e. The molecule has 270 valence electrons. The molecule has 4 bridgehead atoms. The summed E-state index contributed by atoms with van der Waals surface area (Å²) in [7, 11) is 0. The first kappa shape index (κ1) is 36.9. The van der Waals surface area contributed by atoms with Crippen molar-refractivity contribution in [3.8, 4) is 0 Å². The molecule has 0 unspecified atom stereocenters. The van der Waals surface area contributed by atoms with Crippen LogP contribution in [-0.4, -0.2) is 0 Å². The van der Waals surface area contributed by atoms with E-state index in [4.69, 9.17) is 8.83 Å². The molecule has 2 nitrogen and oxygen atoms in total. The topological polar surface area (TPSA) is 26.3 Å². The molecule has 8 rings (SSSR count). The largest absolute Gasteiger partial charge is 0.451 e. The van der Waals surface area contributed by atoms with Crippen LogP contribution in [0.5, 0.6) is 0 Å². The molecule has 3 heterocycles. The van der Waals surface area contributed by atoms with Crippen LogP contribution in [0.2, 0.25) is 0 Å². The third-order valence-electron chi connectivity index (χ3n) is 9.50. The summed E-state index contributed by atoms with van der Waals surface area (Å²) in [6.45, 7) is 27.5. The van der Waals surface area contributed by atoms with E-state index in [1.54, 1.807) is 22.7 Å². The van der Waals surface area contributed by atoms with Gasteiger partial charge in [0.15, 0.2) is 22.3 Å². The van der Waals surface area contributed by atoms with E-state index in [0.29, 0.717) is 0 Å². The predicted octanol–water partition coefficient (Wildman–Crippen LogP) is 16.6. The Bertz CT molecular complexity index is 2300. The van der Waals surface area contributed by atoms with Crippen molar-refractivity contribution in [2.75, 3.05) is 0 Å². The molecule has 0 amide bonds. The molecule has 3 aromatic heterocycles. The van der Waals surface area contributed by atoms with Crippen molar-refractivity contribution in [2.24, 2.45) is 0 Å². The Morgan fingerprint density at radius 2 is 0.442 bits per heavy atom. The minimum atomic E-state index is -0.0114. The van der Waals surface area contributed by atoms with Crippen LogP contribution in [0.1, 0.15) is 105 Å². The summed E-state index contributed by atoms with van der Waals surface area (Å²) in [6, 6.07) is 30.8. The van der Waals surface area contributed by atoms with Crippen molar-refractivity contribution in [3.63, 3.8) is 0 Å². The average Bonchev–Trinajstić information content (AvgIpc) is 3.05. The van der Waals surface area contributed by atoms with Gasteiger partial charge in [0, 0.05) is 0 Å². The van der Waals surface area contributed by atoms with Crippen LogP contribution < -0.4 is 0 Å². The minimum absolute atomic E-state index is 0.0114. The quantitative estimate of drug-likeness (QED) is 0.144. The molecule has 5 aromatic carbocycles. The lowest BCUT2D eigenvalue weighted by Gasteiger charge is -2.22. The van der Waals surface area contributed by atoms with Gasteiger partial charge in [0.2, 0.25) is 0 Å². The zero-order chi connectivity index (χ0) is 37.4. The van der Waals surface area contributed by atoms with E-state index in [1.807, 2.05) is 59.1 Å². The van der Waals surface area contributed by atoms with Crippen LogP contribution in [0.3, 0.4) is 0 Å². The molecule has 0 aliphatic carbocycles. The van der Waals surface area contributed by atoms with Crippen LogP contribution >= 0.6 is 45.3 Å². The maximum atomic E-state index is 7.11. The first-order valence-electron chi connectivity index (χ1n) is 18.1. The monoisotopic (exact) mass is 762 g/mol. The summed E-state index contributed by atoms with van der Waals surface area (Å²) < 4.78 is 23.5. The highest BCUT2D eigenvalue weighted by Gasteiger charge is 2.23. The zero-order valence-corrected chi connectivity index (χ0v) is 35.8. The molecular weight excluding hydrogens is 713 g/mol. The smallest absolute Gasteiger partial charge is 0.161 e. The molecule has 0 saturated carbocycles. The number of hydrogen-bond donors (Lipinski definition) is 0. The van der Waals surface area contributed by atoms with E-state index < -0.39 is 0 Å². The van der Waals surface area contributed by atoms with Crippen molar-refractivity contribution in [1.29, 1.82) is 0 Å². The highest BCUT2D eigenvalue weighted by atomic mass is 32.1. The molecule has 0 aliphatic rings. The molecule has 0 saturated heterocycles. The fourth-order valence-corrected chi connectivity index (χ4v) is 10.8. The first-order valence-corrected chi connectivity index (χ1v) is 21.3. The lowest BCUT2D eigenvalue weighted by atomic mass is 9.87. The average molecular weight is 763 g/mol. The maximum absolute atomic E-state index is 7.11. The molecular formula is C46H50O2S4. The van der Waals surface area contributed by atoms with Crippen LogP contribution in [-0.2, 0) is 21.7 Å². The van der Waals surface area contributed by atoms with Gasteiger partial charge in [0.25, 0.3) is 0 Å². The molecule has 0 fully saturated rings. The Labute approximate surface area is 324 Å². The van der Waals surface area contributed by atoms with Gasteiger partial charge in [-0.3, -0.25) is 0 Å². The summed E-state index contributed by atoms with van der Waals surface area (Å²) in [6.07, 6.45) is 0. The fourth-order valence-electron chi connectivity index (χ4n) is 6.11. The lowest BCUT2D eigenvalue weighted by molar-refractivity contribution is 0.590.